The zero-order chi connectivity index (χ0) is 15.0. The SMILES string of the molecule is CN1C=C(N2CCC(F)CC2)c2cc(C(N)=O)ccc2C1. The summed E-state index contributed by atoms with van der Waals surface area (Å²) < 4.78 is 13.3. The Morgan fingerprint density at radius 3 is 2.71 bits per heavy atom. The van der Waals surface area contributed by atoms with Crippen molar-refractivity contribution < 1.29 is 9.18 Å². The van der Waals surface area contributed by atoms with Crippen LogP contribution in [0.3, 0.4) is 0 Å². The minimum atomic E-state index is -0.695. The molecule has 1 amide bonds. The van der Waals surface area contributed by atoms with Crippen molar-refractivity contribution in [2.24, 2.45) is 5.73 Å². The molecule has 5 heteroatoms. The zero-order valence-corrected chi connectivity index (χ0v) is 12.2. The van der Waals surface area contributed by atoms with Crippen LogP contribution in [0.2, 0.25) is 0 Å². The monoisotopic (exact) mass is 289 g/mol. The number of hydrogen-bond acceptors (Lipinski definition) is 3. The molecule has 1 saturated heterocycles. The second-order valence-electron chi connectivity index (χ2n) is 5.83. The van der Waals surface area contributed by atoms with Gasteiger partial charge in [-0.05, 0) is 30.5 Å². The number of amides is 1. The van der Waals surface area contributed by atoms with Crippen molar-refractivity contribution in [1.82, 2.24) is 9.80 Å². The average Bonchev–Trinajstić information content (AvgIpc) is 2.46. The Morgan fingerprint density at radius 2 is 2.05 bits per heavy atom. The number of piperidine rings is 1. The maximum absolute atomic E-state index is 13.3. The lowest BCUT2D eigenvalue weighted by Crippen LogP contribution is -2.35. The summed E-state index contributed by atoms with van der Waals surface area (Å²) in [6.07, 6.45) is 2.50. The first-order chi connectivity index (χ1) is 10.0. The van der Waals surface area contributed by atoms with Gasteiger partial charge < -0.3 is 15.5 Å². The van der Waals surface area contributed by atoms with Gasteiger partial charge in [0.15, 0.2) is 0 Å². The van der Waals surface area contributed by atoms with Crippen LogP contribution in [0.1, 0.15) is 34.3 Å². The molecule has 0 aromatic heterocycles. The van der Waals surface area contributed by atoms with E-state index in [-0.39, 0.29) is 0 Å². The summed E-state index contributed by atoms with van der Waals surface area (Å²) in [7, 11) is 2.02. The number of alkyl halides is 1. The summed E-state index contributed by atoms with van der Waals surface area (Å²) in [4.78, 5) is 15.7. The van der Waals surface area contributed by atoms with E-state index in [9.17, 15) is 9.18 Å². The predicted molar refractivity (Wildman–Crippen MR) is 80.1 cm³/mol. The quantitative estimate of drug-likeness (QED) is 0.905. The molecule has 2 N–H and O–H groups in total. The molecule has 0 spiro atoms. The van der Waals surface area contributed by atoms with E-state index in [1.807, 2.05) is 19.2 Å². The van der Waals surface area contributed by atoms with Gasteiger partial charge in [0.1, 0.15) is 6.17 Å². The molecule has 0 saturated carbocycles. The molecule has 112 valence electrons. The Labute approximate surface area is 124 Å². The highest BCUT2D eigenvalue weighted by atomic mass is 19.1. The molecule has 0 aliphatic carbocycles. The lowest BCUT2D eigenvalue weighted by Gasteiger charge is -2.37. The molecule has 0 atom stereocenters. The number of primary amides is 1. The molecule has 3 rings (SSSR count). The molecular formula is C16H20FN3O. The van der Waals surface area contributed by atoms with E-state index in [2.05, 4.69) is 16.0 Å². The number of nitrogens with two attached hydrogens (primary N) is 1. The van der Waals surface area contributed by atoms with E-state index in [0.717, 1.165) is 17.8 Å². The topological polar surface area (TPSA) is 49.6 Å². The average molecular weight is 289 g/mol. The Bertz CT molecular complexity index is 591. The van der Waals surface area contributed by atoms with Gasteiger partial charge in [-0.1, -0.05) is 6.07 Å². The van der Waals surface area contributed by atoms with Gasteiger partial charge >= 0.3 is 0 Å². The number of carbonyl (C=O) groups excluding carboxylic acids is 1. The Kier molecular flexibility index (Phi) is 3.57. The fraction of sp³-hybridized carbons (Fsp3) is 0.438. The number of rotatable bonds is 2. The number of carbonyl (C=O) groups is 1. The first kappa shape index (κ1) is 13.9. The number of nitrogens with zero attached hydrogens (tertiary/aromatic N) is 2. The van der Waals surface area contributed by atoms with Gasteiger partial charge in [0.25, 0.3) is 0 Å². The third-order valence-electron chi connectivity index (χ3n) is 4.20. The highest BCUT2D eigenvalue weighted by Crippen LogP contribution is 2.31. The van der Waals surface area contributed by atoms with Crippen molar-refractivity contribution in [3.8, 4) is 0 Å². The molecule has 2 aliphatic rings. The molecule has 4 nitrogen and oxygen atoms in total. The van der Waals surface area contributed by atoms with E-state index in [0.29, 0.717) is 31.5 Å². The van der Waals surface area contributed by atoms with Crippen LogP contribution in [0, 0.1) is 0 Å². The maximum atomic E-state index is 13.3. The number of halogens is 1. The van der Waals surface area contributed by atoms with Crippen LogP contribution in [-0.2, 0) is 6.54 Å². The van der Waals surface area contributed by atoms with Crippen LogP contribution in [0.15, 0.2) is 24.4 Å². The summed E-state index contributed by atoms with van der Waals surface area (Å²) in [6, 6.07) is 5.59. The molecule has 1 aromatic rings. The van der Waals surface area contributed by atoms with E-state index in [1.165, 1.54) is 5.56 Å². The minimum Gasteiger partial charge on any atom is -0.374 e. The first-order valence-electron chi connectivity index (χ1n) is 7.29. The van der Waals surface area contributed by atoms with Crippen molar-refractivity contribution in [3.05, 3.63) is 41.1 Å². The highest BCUT2D eigenvalue weighted by Gasteiger charge is 2.25. The second-order valence-corrected chi connectivity index (χ2v) is 5.83. The maximum Gasteiger partial charge on any atom is 0.248 e. The summed E-state index contributed by atoms with van der Waals surface area (Å²) in [5.74, 6) is -0.418. The molecule has 1 fully saturated rings. The molecule has 0 bridgehead atoms. The lowest BCUT2D eigenvalue weighted by molar-refractivity contribution is 0.1000. The molecule has 1 aromatic carbocycles. The van der Waals surface area contributed by atoms with Gasteiger partial charge in [0.05, 0.1) is 5.70 Å². The van der Waals surface area contributed by atoms with Crippen LogP contribution in [0.4, 0.5) is 4.39 Å². The van der Waals surface area contributed by atoms with E-state index >= 15 is 0 Å². The fourth-order valence-corrected chi connectivity index (χ4v) is 3.04. The number of hydrogen-bond donors (Lipinski definition) is 1. The highest BCUT2D eigenvalue weighted by molar-refractivity contribution is 5.94. The molecular weight excluding hydrogens is 269 g/mol. The van der Waals surface area contributed by atoms with E-state index in [4.69, 9.17) is 5.73 Å². The van der Waals surface area contributed by atoms with Gasteiger partial charge in [-0.2, -0.15) is 0 Å². The van der Waals surface area contributed by atoms with Crippen molar-refractivity contribution in [2.75, 3.05) is 20.1 Å². The van der Waals surface area contributed by atoms with Crippen molar-refractivity contribution in [3.63, 3.8) is 0 Å². The predicted octanol–water partition coefficient (Wildman–Crippen LogP) is 1.96. The van der Waals surface area contributed by atoms with Gasteiger partial charge in [-0.25, -0.2) is 4.39 Å². The largest absolute Gasteiger partial charge is 0.374 e. The third kappa shape index (κ3) is 2.73. The molecule has 2 aliphatic heterocycles. The van der Waals surface area contributed by atoms with Crippen LogP contribution < -0.4 is 5.73 Å². The van der Waals surface area contributed by atoms with Crippen LogP contribution in [0.5, 0.6) is 0 Å². The summed E-state index contributed by atoms with van der Waals surface area (Å²) in [5, 5.41) is 0. The van der Waals surface area contributed by atoms with Gasteiger partial charge in [-0.3, -0.25) is 4.79 Å². The van der Waals surface area contributed by atoms with Crippen molar-refractivity contribution in [2.45, 2.75) is 25.6 Å². The van der Waals surface area contributed by atoms with Crippen molar-refractivity contribution in [1.29, 1.82) is 0 Å². The van der Waals surface area contributed by atoms with Crippen molar-refractivity contribution >= 4 is 11.6 Å². The summed E-state index contributed by atoms with van der Waals surface area (Å²) in [6.45, 7) is 2.22. The van der Waals surface area contributed by atoms with Gasteiger partial charge in [0.2, 0.25) is 5.91 Å². The van der Waals surface area contributed by atoms with E-state index in [1.54, 1.807) is 6.07 Å². The molecule has 21 heavy (non-hydrogen) atoms. The van der Waals surface area contributed by atoms with Crippen LogP contribution in [0.25, 0.3) is 5.70 Å². The Hall–Kier alpha value is -2.04. The normalized spacial score (nSPS) is 19.2. The minimum absolute atomic E-state index is 0.418. The molecule has 0 unspecified atom stereocenters. The number of likely N-dealkylation sites (tertiary alicyclic amines) is 1. The Balaban J connectivity index is 1.97. The second kappa shape index (κ2) is 5.39. The lowest BCUT2D eigenvalue weighted by atomic mass is 9.96. The first-order valence-corrected chi connectivity index (χ1v) is 7.29. The van der Waals surface area contributed by atoms with Crippen LogP contribution >= 0.6 is 0 Å². The number of fused-ring (bicyclic) bond motifs is 1. The van der Waals surface area contributed by atoms with Gasteiger partial charge in [0, 0.05) is 44.0 Å². The zero-order valence-electron chi connectivity index (χ0n) is 12.2. The summed E-state index contributed by atoms with van der Waals surface area (Å²) in [5.41, 5.74) is 9.18. The smallest absolute Gasteiger partial charge is 0.248 e. The standard InChI is InChI=1S/C16H20FN3O/c1-19-9-12-3-2-11(16(18)21)8-14(12)15(10-19)20-6-4-13(17)5-7-20/h2-3,8,10,13H,4-7,9H2,1H3,(H2,18,21). The van der Waals surface area contributed by atoms with E-state index < -0.39 is 12.1 Å². The molecule has 0 radical (unpaired) electrons. The number of benzene rings is 1. The third-order valence-corrected chi connectivity index (χ3v) is 4.20. The van der Waals surface area contributed by atoms with Gasteiger partial charge in [-0.15, -0.1) is 0 Å². The molecule has 2 heterocycles. The Morgan fingerprint density at radius 1 is 1.33 bits per heavy atom. The fourth-order valence-electron chi connectivity index (χ4n) is 3.04. The van der Waals surface area contributed by atoms with Crippen LogP contribution in [-0.4, -0.2) is 42.0 Å². The summed E-state index contributed by atoms with van der Waals surface area (Å²) >= 11 is 0.